The van der Waals surface area contributed by atoms with E-state index >= 15 is 0 Å². The SMILES string of the molecule is Cc1[nH]nc2[nH]c(=S)n(C)c(=O)c12.[K]. The van der Waals surface area contributed by atoms with E-state index in [0.29, 0.717) is 15.8 Å². The van der Waals surface area contributed by atoms with Crippen LogP contribution in [0.1, 0.15) is 5.69 Å². The third kappa shape index (κ3) is 1.80. The van der Waals surface area contributed by atoms with Gasteiger partial charge in [-0.2, -0.15) is 5.10 Å². The molecule has 2 rings (SSSR count). The fraction of sp³-hybridized carbons (Fsp3) is 0.286. The summed E-state index contributed by atoms with van der Waals surface area (Å²) in [5.41, 5.74) is 1.15. The molecule has 0 saturated heterocycles. The van der Waals surface area contributed by atoms with Gasteiger partial charge < -0.3 is 4.98 Å². The van der Waals surface area contributed by atoms with Crippen molar-refractivity contribution in [3.63, 3.8) is 0 Å². The van der Waals surface area contributed by atoms with Crippen molar-refractivity contribution in [2.45, 2.75) is 6.92 Å². The fourth-order valence-electron chi connectivity index (χ4n) is 1.23. The van der Waals surface area contributed by atoms with Gasteiger partial charge in [-0.15, -0.1) is 0 Å². The molecular formula is C7H8KN4OS. The van der Waals surface area contributed by atoms with E-state index < -0.39 is 0 Å². The normalized spacial score (nSPS) is 10.1. The van der Waals surface area contributed by atoms with Gasteiger partial charge in [0.05, 0.1) is 0 Å². The maximum absolute atomic E-state index is 11.6. The van der Waals surface area contributed by atoms with Crippen LogP contribution in [0.3, 0.4) is 0 Å². The predicted octanol–water partition coefficient (Wildman–Crippen LogP) is 0.247. The molecule has 5 nitrogen and oxygen atoms in total. The molecule has 0 fully saturated rings. The van der Waals surface area contributed by atoms with E-state index in [9.17, 15) is 4.79 Å². The van der Waals surface area contributed by atoms with Crippen molar-refractivity contribution < 1.29 is 0 Å². The molecule has 0 saturated carbocycles. The number of nitrogens with one attached hydrogen (secondary N) is 2. The zero-order valence-corrected chi connectivity index (χ0v) is 12.2. The molecule has 14 heavy (non-hydrogen) atoms. The third-order valence-corrected chi connectivity index (χ3v) is 2.37. The molecule has 2 heterocycles. The zero-order chi connectivity index (χ0) is 9.59. The minimum absolute atomic E-state index is 0. The molecule has 0 bridgehead atoms. The number of hydrogen-bond acceptors (Lipinski definition) is 3. The summed E-state index contributed by atoms with van der Waals surface area (Å²) in [5.74, 6) is 0. The van der Waals surface area contributed by atoms with Crippen molar-refractivity contribution in [3.8, 4) is 0 Å². The predicted molar refractivity (Wildman–Crippen MR) is 57.0 cm³/mol. The number of nitrogens with zero attached hydrogens (tertiary/aromatic N) is 2. The molecule has 0 atom stereocenters. The van der Waals surface area contributed by atoms with E-state index in [4.69, 9.17) is 12.2 Å². The van der Waals surface area contributed by atoms with Crippen LogP contribution in [0.4, 0.5) is 0 Å². The van der Waals surface area contributed by atoms with E-state index in [0.717, 1.165) is 5.69 Å². The number of H-pyrrole nitrogens is 2. The standard InChI is InChI=1S/C7H8N4OS.K/c1-3-4-5(10-9-3)8-7(13)11(2)6(4)12;/h1-2H3,(H2,8,9,10,13);. The summed E-state index contributed by atoms with van der Waals surface area (Å²) >= 11 is 4.93. The van der Waals surface area contributed by atoms with E-state index in [1.54, 1.807) is 14.0 Å². The molecular weight excluding hydrogens is 227 g/mol. The molecule has 2 aromatic heterocycles. The molecule has 2 N–H and O–H groups in total. The number of aromatic nitrogens is 4. The van der Waals surface area contributed by atoms with Gasteiger partial charge in [-0.3, -0.25) is 14.5 Å². The van der Waals surface area contributed by atoms with Crippen molar-refractivity contribution in [3.05, 3.63) is 20.8 Å². The first kappa shape index (κ1) is 12.3. The van der Waals surface area contributed by atoms with Crippen molar-refractivity contribution in [1.29, 1.82) is 0 Å². The van der Waals surface area contributed by atoms with E-state index in [1.807, 2.05) is 0 Å². The average Bonchev–Trinajstić information content (AvgIpc) is 2.43. The second kappa shape index (κ2) is 4.38. The molecule has 0 aliphatic carbocycles. The van der Waals surface area contributed by atoms with Gasteiger partial charge in [-0.05, 0) is 19.1 Å². The molecule has 0 unspecified atom stereocenters. The van der Waals surface area contributed by atoms with Gasteiger partial charge in [0, 0.05) is 64.1 Å². The van der Waals surface area contributed by atoms with Crippen LogP contribution in [0.15, 0.2) is 4.79 Å². The first-order valence-electron chi connectivity index (χ1n) is 3.75. The Bertz CT molecular complexity index is 581. The molecule has 7 heteroatoms. The van der Waals surface area contributed by atoms with Gasteiger partial charge >= 0.3 is 0 Å². The smallest absolute Gasteiger partial charge is 0.265 e. The van der Waals surface area contributed by atoms with Crippen LogP contribution in [0.5, 0.6) is 0 Å². The minimum atomic E-state index is -0.120. The Morgan fingerprint density at radius 1 is 1.50 bits per heavy atom. The number of hydrogen-bond donors (Lipinski definition) is 2. The monoisotopic (exact) mass is 235 g/mol. The average molecular weight is 235 g/mol. The molecule has 2 aromatic rings. The molecule has 1 radical (unpaired) electrons. The van der Waals surface area contributed by atoms with Gasteiger partial charge in [0.1, 0.15) is 5.39 Å². The largest absolute Gasteiger partial charge is 0.315 e. The van der Waals surface area contributed by atoms with Gasteiger partial charge in [0.2, 0.25) is 0 Å². The topological polar surface area (TPSA) is 66.5 Å². The van der Waals surface area contributed by atoms with Crippen LogP contribution in [0.2, 0.25) is 0 Å². The van der Waals surface area contributed by atoms with Crippen LogP contribution in [0.25, 0.3) is 11.0 Å². The zero-order valence-electron chi connectivity index (χ0n) is 8.21. The van der Waals surface area contributed by atoms with E-state index in [2.05, 4.69) is 15.2 Å². The van der Waals surface area contributed by atoms with Crippen molar-refractivity contribution in [2.75, 3.05) is 0 Å². The summed E-state index contributed by atoms with van der Waals surface area (Å²) < 4.78 is 1.77. The van der Waals surface area contributed by atoms with Crippen molar-refractivity contribution >= 4 is 74.6 Å². The third-order valence-electron chi connectivity index (χ3n) is 2.00. The number of aromatic amines is 2. The van der Waals surface area contributed by atoms with Gasteiger partial charge in [-0.1, -0.05) is 0 Å². The summed E-state index contributed by atoms with van der Waals surface area (Å²) in [6, 6.07) is 0. The minimum Gasteiger partial charge on any atom is -0.315 e. The summed E-state index contributed by atoms with van der Waals surface area (Å²) in [6.07, 6.45) is 0. The first-order chi connectivity index (χ1) is 6.11. The summed E-state index contributed by atoms with van der Waals surface area (Å²) in [4.78, 5) is 14.5. The van der Waals surface area contributed by atoms with Crippen molar-refractivity contribution in [2.24, 2.45) is 7.05 Å². The molecule has 0 aromatic carbocycles. The molecule has 0 spiro atoms. The van der Waals surface area contributed by atoms with Crippen LogP contribution in [-0.2, 0) is 7.05 Å². The Morgan fingerprint density at radius 3 is 2.79 bits per heavy atom. The molecule has 69 valence electrons. The quantitative estimate of drug-likeness (QED) is 0.508. The fourth-order valence-corrected chi connectivity index (χ4v) is 1.41. The Kier molecular flexibility index (Phi) is 3.84. The number of aryl methyl sites for hydroxylation is 1. The summed E-state index contributed by atoms with van der Waals surface area (Å²) in [7, 11) is 1.63. The Morgan fingerprint density at radius 2 is 2.14 bits per heavy atom. The first-order valence-corrected chi connectivity index (χ1v) is 4.16. The van der Waals surface area contributed by atoms with Gasteiger partial charge in [0.25, 0.3) is 5.56 Å². The van der Waals surface area contributed by atoms with E-state index in [1.165, 1.54) is 4.57 Å². The molecule has 0 amide bonds. The summed E-state index contributed by atoms with van der Waals surface area (Å²) in [5, 5.41) is 7.22. The van der Waals surface area contributed by atoms with Crippen LogP contribution in [-0.4, -0.2) is 71.1 Å². The Balaban J connectivity index is 0.000000980. The Hall–Kier alpha value is 0.206. The second-order valence-electron chi connectivity index (χ2n) is 2.87. The molecule has 0 aliphatic rings. The second-order valence-corrected chi connectivity index (χ2v) is 3.25. The number of rotatable bonds is 0. The Labute approximate surface area is 127 Å². The summed E-state index contributed by atoms with van der Waals surface area (Å²) in [6.45, 7) is 1.80. The maximum Gasteiger partial charge on any atom is 0.265 e. The maximum atomic E-state index is 11.6. The van der Waals surface area contributed by atoms with E-state index in [-0.39, 0.29) is 56.9 Å². The van der Waals surface area contributed by atoms with Crippen LogP contribution >= 0.6 is 12.2 Å². The number of fused-ring (bicyclic) bond motifs is 1. The van der Waals surface area contributed by atoms with Crippen LogP contribution in [0, 0.1) is 11.7 Å². The van der Waals surface area contributed by atoms with Crippen LogP contribution < -0.4 is 5.56 Å². The van der Waals surface area contributed by atoms with Gasteiger partial charge in [-0.25, -0.2) is 0 Å². The molecule has 0 aliphatic heterocycles. The van der Waals surface area contributed by atoms with Crippen molar-refractivity contribution in [1.82, 2.24) is 19.7 Å². The van der Waals surface area contributed by atoms with Gasteiger partial charge in [0.15, 0.2) is 10.4 Å².